The average molecular weight is 667 g/mol. The number of nitrogens with zero attached hydrogens (tertiary/aromatic N) is 5. The maximum Gasteiger partial charge on any atom is 0.405 e. The van der Waals surface area contributed by atoms with Gasteiger partial charge >= 0.3 is 6.09 Å². The predicted octanol–water partition coefficient (Wildman–Crippen LogP) is 5.85. The van der Waals surface area contributed by atoms with E-state index < -0.39 is 12.1 Å². The van der Waals surface area contributed by atoms with Gasteiger partial charge in [-0.1, -0.05) is 62.4 Å². The van der Waals surface area contributed by atoms with Crippen LogP contribution in [-0.2, 0) is 9.59 Å². The molecule has 0 radical (unpaired) electrons. The summed E-state index contributed by atoms with van der Waals surface area (Å²) in [5, 5.41) is 11.3. The van der Waals surface area contributed by atoms with Crippen molar-refractivity contribution in [3.8, 4) is 33.6 Å². The van der Waals surface area contributed by atoms with Crippen LogP contribution in [0.15, 0.2) is 60.9 Å². The summed E-state index contributed by atoms with van der Waals surface area (Å²) in [5.74, 6) is 1.46. The fourth-order valence-corrected chi connectivity index (χ4v) is 7.28. The van der Waals surface area contributed by atoms with Crippen LogP contribution in [0.25, 0.3) is 33.6 Å². The summed E-state index contributed by atoms with van der Waals surface area (Å²) in [4.78, 5) is 59.4. The molecule has 6 rings (SSSR count). The number of likely N-dealkylation sites (N-methyl/N-ethyl adjacent to an activating group) is 1. The largest absolute Gasteiger partial charge is 0.465 e. The van der Waals surface area contributed by atoms with Crippen LogP contribution in [0.5, 0.6) is 0 Å². The highest BCUT2D eigenvalue weighted by Crippen LogP contribution is 2.34. The van der Waals surface area contributed by atoms with Gasteiger partial charge in [0, 0.05) is 13.1 Å². The number of carbonyl (C=O) groups excluding carboxylic acids is 2. The molecule has 2 aromatic carbocycles. The Bertz CT molecular complexity index is 1760. The Kier molecular flexibility index (Phi) is 10.1. The minimum Gasteiger partial charge on any atom is -0.465 e. The molecule has 2 aliphatic rings. The lowest BCUT2D eigenvalue weighted by Gasteiger charge is -2.31. The number of H-pyrrole nitrogens is 2. The zero-order valence-electron chi connectivity index (χ0n) is 28.6. The van der Waals surface area contributed by atoms with Gasteiger partial charge in [-0.15, -0.1) is 0 Å². The summed E-state index contributed by atoms with van der Waals surface area (Å²) in [7, 11) is 0. The second kappa shape index (κ2) is 14.7. The van der Waals surface area contributed by atoms with Gasteiger partial charge in [0.15, 0.2) is 0 Å². The normalized spacial score (nSPS) is 19.0. The number of rotatable bonds is 11. The Morgan fingerprint density at radius 1 is 0.776 bits per heavy atom. The quantitative estimate of drug-likeness (QED) is 0.157. The fraction of sp³-hybridized carbons (Fsp3) is 0.432. The molecule has 3 amide bonds. The van der Waals surface area contributed by atoms with Crippen molar-refractivity contribution in [3.63, 3.8) is 0 Å². The Hall–Kier alpha value is -4.97. The van der Waals surface area contributed by atoms with Crippen LogP contribution >= 0.6 is 0 Å². The number of aromatic nitrogens is 4. The van der Waals surface area contributed by atoms with Crippen LogP contribution in [0.2, 0.25) is 0 Å². The molecule has 12 heteroatoms. The van der Waals surface area contributed by atoms with Crippen molar-refractivity contribution in [2.75, 3.05) is 26.2 Å². The lowest BCUT2D eigenvalue weighted by atomic mass is 10.0. The second-order valence-electron chi connectivity index (χ2n) is 13.0. The van der Waals surface area contributed by atoms with Crippen molar-refractivity contribution in [2.45, 2.75) is 77.5 Å². The van der Waals surface area contributed by atoms with E-state index in [0.717, 1.165) is 84.8 Å². The molecule has 4 atom stereocenters. The summed E-state index contributed by atoms with van der Waals surface area (Å²) in [6.45, 7) is 10.8. The molecule has 2 saturated heterocycles. The smallest absolute Gasteiger partial charge is 0.405 e. The van der Waals surface area contributed by atoms with E-state index in [9.17, 15) is 14.4 Å². The van der Waals surface area contributed by atoms with E-state index in [-0.39, 0.29) is 29.9 Å². The molecule has 0 aliphatic carbocycles. The standard InChI is InChI=1S/C37H46N8O4/c1-5-43(6-2)24(4)36(47)45-20-8-10-32(45)34-39-22-30(42-34)28-17-13-26(14-18-28)25-11-15-27(16-12-25)29-21-38-33(41-29)31-9-7-19-44(31)35(46)23(3)40-37(48)49/h11-18,21-24,31-32,40H,5-10,19-20H2,1-4H3,(H,38,41)(H,39,42)(H,48,49)/t23-,24+,31-,32-/m0/s1. The van der Waals surface area contributed by atoms with E-state index in [2.05, 4.69) is 75.4 Å². The van der Waals surface area contributed by atoms with Gasteiger partial charge in [0.2, 0.25) is 11.8 Å². The molecular formula is C37H46N8O4. The van der Waals surface area contributed by atoms with Crippen molar-refractivity contribution < 1.29 is 19.5 Å². The van der Waals surface area contributed by atoms with Gasteiger partial charge in [0.05, 0.1) is 41.9 Å². The molecule has 2 aliphatic heterocycles. The lowest BCUT2D eigenvalue weighted by molar-refractivity contribution is -0.137. The number of likely N-dealkylation sites (tertiary alicyclic amines) is 2. The van der Waals surface area contributed by atoms with Crippen molar-refractivity contribution in [1.82, 2.24) is 40.0 Å². The van der Waals surface area contributed by atoms with Gasteiger partial charge in [-0.2, -0.15) is 0 Å². The highest BCUT2D eigenvalue weighted by atomic mass is 16.4. The van der Waals surface area contributed by atoms with Crippen LogP contribution < -0.4 is 5.32 Å². The maximum atomic E-state index is 13.4. The molecule has 4 heterocycles. The van der Waals surface area contributed by atoms with Gasteiger partial charge in [-0.3, -0.25) is 14.5 Å². The van der Waals surface area contributed by atoms with E-state index >= 15 is 0 Å². The third-order valence-corrected chi connectivity index (χ3v) is 10.0. The van der Waals surface area contributed by atoms with Crippen LogP contribution in [-0.4, -0.2) is 95.9 Å². The molecule has 2 fully saturated rings. The molecule has 0 saturated carbocycles. The number of nitrogens with one attached hydrogen (secondary N) is 3. The predicted molar refractivity (Wildman–Crippen MR) is 187 cm³/mol. The number of carbonyl (C=O) groups is 3. The Labute approximate surface area is 286 Å². The maximum absolute atomic E-state index is 13.4. The van der Waals surface area contributed by atoms with Crippen LogP contribution in [0, 0.1) is 0 Å². The van der Waals surface area contributed by atoms with Gasteiger partial charge in [0.1, 0.15) is 17.7 Å². The van der Waals surface area contributed by atoms with E-state index in [4.69, 9.17) is 10.1 Å². The van der Waals surface area contributed by atoms with E-state index in [1.54, 1.807) is 18.0 Å². The molecule has 0 bridgehead atoms. The van der Waals surface area contributed by atoms with E-state index in [1.165, 1.54) is 0 Å². The molecule has 0 spiro atoms. The Morgan fingerprint density at radius 3 is 1.63 bits per heavy atom. The highest BCUT2D eigenvalue weighted by Gasteiger charge is 2.36. The summed E-state index contributed by atoms with van der Waals surface area (Å²) in [6.07, 6.45) is 5.90. The van der Waals surface area contributed by atoms with E-state index in [1.807, 2.05) is 30.2 Å². The summed E-state index contributed by atoms with van der Waals surface area (Å²) < 4.78 is 0. The topological polar surface area (TPSA) is 151 Å². The van der Waals surface area contributed by atoms with Gasteiger partial charge in [0.25, 0.3) is 0 Å². The first-order chi connectivity index (χ1) is 23.7. The molecule has 258 valence electrons. The fourth-order valence-electron chi connectivity index (χ4n) is 7.28. The van der Waals surface area contributed by atoms with Gasteiger partial charge < -0.3 is 30.2 Å². The molecule has 4 N–H and O–H groups in total. The average Bonchev–Trinajstić information content (AvgIpc) is 3.94. The third kappa shape index (κ3) is 7.10. The minimum atomic E-state index is -1.22. The molecule has 49 heavy (non-hydrogen) atoms. The van der Waals surface area contributed by atoms with Gasteiger partial charge in [-0.25, -0.2) is 14.8 Å². The second-order valence-corrected chi connectivity index (χ2v) is 13.0. The minimum absolute atomic E-state index is 0.0348. The zero-order valence-corrected chi connectivity index (χ0v) is 28.6. The summed E-state index contributed by atoms with van der Waals surface area (Å²) >= 11 is 0. The van der Waals surface area contributed by atoms with E-state index in [0.29, 0.717) is 12.4 Å². The molecule has 0 unspecified atom stereocenters. The zero-order chi connectivity index (χ0) is 34.7. The number of amides is 3. The first kappa shape index (κ1) is 33.9. The Morgan fingerprint density at radius 2 is 1.20 bits per heavy atom. The SMILES string of the molecule is CCN(CC)[C@H](C)C(=O)N1CCC[C@H]1c1ncc(-c2ccc(-c3ccc(-c4cnc([C@@H]5CCCN5C(=O)[C@H](C)NC(=O)O)[nH]4)cc3)cc2)[nH]1. The van der Waals surface area contributed by atoms with Crippen LogP contribution in [0.1, 0.15) is 77.1 Å². The Balaban J connectivity index is 1.10. The number of carboxylic acid groups (broad SMARTS) is 1. The first-order valence-electron chi connectivity index (χ1n) is 17.3. The molecular weight excluding hydrogens is 620 g/mol. The number of hydrogen-bond acceptors (Lipinski definition) is 6. The van der Waals surface area contributed by atoms with Crippen molar-refractivity contribution in [2.24, 2.45) is 0 Å². The number of imidazole rings is 2. The van der Waals surface area contributed by atoms with Crippen molar-refractivity contribution in [1.29, 1.82) is 0 Å². The molecule has 4 aromatic rings. The monoisotopic (exact) mass is 666 g/mol. The first-order valence-corrected chi connectivity index (χ1v) is 17.3. The molecule has 12 nitrogen and oxygen atoms in total. The molecule has 2 aromatic heterocycles. The van der Waals surface area contributed by atoms with Crippen molar-refractivity contribution >= 4 is 17.9 Å². The highest BCUT2D eigenvalue weighted by molar-refractivity contribution is 5.85. The number of hydrogen-bond donors (Lipinski definition) is 4. The van der Waals surface area contributed by atoms with Crippen molar-refractivity contribution in [3.05, 3.63) is 72.6 Å². The number of benzene rings is 2. The summed E-state index contributed by atoms with van der Waals surface area (Å²) in [5.41, 5.74) is 5.96. The lowest BCUT2D eigenvalue weighted by Crippen LogP contribution is -2.46. The van der Waals surface area contributed by atoms with Crippen LogP contribution in [0.3, 0.4) is 0 Å². The number of aromatic amines is 2. The van der Waals surface area contributed by atoms with Gasteiger partial charge in [-0.05, 0) is 74.9 Å². The summed E-state index contributed by atoms with van der Waals surface area (Å²) in [6, 6.07) is 15.4. The third-order valence-electron chi connectivity index (χ3n) is 10.0. The van der Waals surface area contributed by atoms with Crippen LogP contribution in [0.4, 0.5) is 4.79 Å².